The summed E-state index contributed by atoms with van der Waals surface area (Å²) < 4.78 is 43.6. The molecule has 0 aromatic carbocycles. The van der Waals surface area contributed by atoms with Gasteiger partial charge in [-0.05, 0) is 25.1 Å². The first kappa shape index (κ1) is 24.3. The first-order chi connectivity index (χ1) is 15.9. The lowest BCUT2D eigenvalue weighted by molar-refractivity contribution is -0.306. The second kappa shape index (κ2) is 9.06. The summed E-state index contributed by atoms with van der Waals surface area (Å²) in [6.45, 7) is 2.20. The van der Waals surface area contributed by atoms with E-state index in [0.29, 0.717) is 30.0 Å². The highest BCUT2D eigenvalue weighted by atomic mass is 79.9. The van der Waals surface area contributed by atoms with E-state index in [1.54, 1.807) is 19.1 Å². The van der Waals surface area contributed by atoms with Gasteiger partial charge >= 0.3 is 6.36 Å². The third-order valence-electron chi connectivity index (χ3n) is 5.04. The number of nitrogens with zero attached hydrogens (tertiary/aromatic N) is 4. The van der Waals surface area contributed by atoms with Crippen LogP contribution in [0.3, 0.4) is 0 Å². The van der Waals surface area contributed by atoms with Crippen LogP contribution in [-0.4, -0.2) is 61.8 Å². The number of hydrogen-bond acceptors (Lipinski definition) is 5. The third-order valence-corrected chi connectivity index (χ3v) is 5.76. The lowest BCUT2D eigenvalue weighted by Crippen LogP contribution is -2.50. The Morgan fingerprint density at radius 2 is 2.12 bits per heavy atom. The van der Waals surface area contributed by atoms with Crippen LogP contribution in [0.5, 0.6) is 0 Å². The van der Waals surface area contributed by atoms with E-state index >= 15 is 0 Å². The molecule has 2 aromatic rings. The van der Waals surface area contributed by atoms with Crippen LogP contribution in [0.2, 0.25) is 5.15 Å². The molecule has 1 unspecified atom stereocenters. The van der Waals surface area contributed by atoms with Crippen molar-refractivity contribution in [1.29, 1.82) is 0 Å². The van der Waals surface area contributed by atoms with Gasteiger partial charge in [-0.25, -0.2) is 9.67 Å². The Labute approximate surface area is 205 Å². The molecule has 34 heavy (non-hydrogen) atoms. The van der Waals surface area contributed by atoms with E-state index in [2.05, 4.69) is 36.1 Å². The van der Waals surface area contributed by atoms with Crippen molar-refractivity contribution in [2.45, 2.75) is 24.0 Å². The number of carbonyl (C=O) groups is 2. The molecule has 1 atom stereocenters. The van der Waals surface area contributed by atoms with Crippen LogP contribution in [0.4, 0.5) is 13.2 Å². The molecule has 1 aliphatic carbocycles. The maximum Gasteiger partial charge on any atom is 0.572 e. The highest BCUT2D eigenvalue weighted by Crippen LogP contribution is 2.40. The predicted molar refractivity (Wildman–Crippen MR) is 120 cm³/mol. The molecule has 1 fully saturated rings. The second-order valence-electron chi connectivity index (χ2n) is 7.95. The largest absolute Gasteiger partial charge is 0.572 e. The maximum absolute atomic E-state index is 13.1. The number of alkyl halides is 4. The van der Waals surface area contributed by atoms with Gasteiger partial charge in [-0.1, -0.05) is 33.6 Å². The number of carbonyl (C=O) groups excluding carboxylic acids is 2. The molecular formula is C21H18BrClF3N5O3. The van der Waals surface area contributed by atoms with Crippen molar-refractivity contribution in [2.24, 2.45) is 0 Å². The normalized spacial score (nSPS) is 21.0. The zero-order valence-corrected chi connectivity index (χ0v) is 20.0. The number of halogens is 5. The average molecular weight is 561 g/mol. The Balaban J connectivity index is 1.81. The molecule has 3 heterocycles. The first-order valence-electron chi connectivity index (χ1n) is 10.1. The molecule has 1 aliphatic heterocycles. The molecule has 2 aromatic heterocycles. The van der Waals surface area contributed by atoms with Gasteiger partial charge in [0.05, 0.1) is 17.9 Å². The van der Waals surface area contributed by atoms with Crippen LogP contribution >= 0.6 is 27.5 Å². The quantitative estimate of drug-likeness (QED) is 0.453. The van der Waals surface area contributed by atoms with Gasteiger partial charge in [0.25, 0.3) is 5.91 Å². The van der Waals surface area contributed by atoms with E-state index in [1.165, 1.54) is 34.0 Å². The van der Waals surface area contributed by atoms with Crippen molar-refractivity contribution in [3.8, 4) is 5.69 Å². The van der Waals surface area contributed by atoms with Crippen LogP contribution in [0, 0.1) is 0 Å². The first-order valence-corrected chi connectivity index (χ1v) is 11.2. The fraction of sp³-hybridized carbons (Fsp3) is 0.333. The number of nitrogens with one attached hydrogen (secondary N) is 1. The number of rotatable bonds is 4. The predicted octanol–water partition coefficient (Wildman–Crippen LogP) is 3.85. The molecule has 1 N–H and O–H groups in total. The topological polar surface area (TPSA) is 89.4 Å². The summed E-state index contributed by atoms with van der Waals surface area (Å²) in [7, 11) is 0. The minimum Gasteiger partial charge on any atom is -0.410 e. The second-order valence-corrected chi connectivity index (χ2v) is 10.2. The van der Waals surface area contributed by atoms with Crippen LogP contribution in [0.25, 0.3) is 11.3 Å². The van der Waals surface area contributed by atoms with Gasteiger partial charge < -0.3 is 15.0 Å². The number of hydrogen-bond donors (Lipinski definition) is 1. The SMILES string of the molecule is CC1(Br)C=C(c2cc(C(=O)N3CCNC(=O)C3)nn2-c2ccnc(Cl)c2)C=C(OC(F)(F)F)C1. The summed E-state index contributed by atoms with van der Waals surface area (Å²) >= 11 is 9.46. The third kappa shape index (κ3) is 5.61. The van der Waals surface area contributed by atoms with Gasteiger partial charge in [-0.3, -0.25) is 9.59 Å². The molecule has 13 heteroatoms. The molecule has 180 valence electrons. The molecule has 8 nitrogen and oxygen atoms in total. The smallest absolute Gasteiger partial charge is 0.410 e. The van der Waals surface area contributed by atoms with E-state index < -0.39 is 16.6 Å². The Morgan fingerprint density at radius 1 is 1.35 bits per heavy atom. The molecule has 4 rings (SSSR count). The van der Waals surface area contributed by atoms with E-state index in [0.717, 1.165) is 0 Å². The monoisotopic (exact) mass is 559 g/mol. The van der Waals surface area contributed by atoms with Crippen LogP contribution in [0.1, 0.15) is 29.5 Å². The number of pyridine rings is 1. The molecule has 0 saturated carbocycles. The van der Waals surface area contributed by atoms with E-state index in [1.807, 2.05) is 0 Å². The average Bonchev–Trinajstić information content (AvgIpc) is 3.16. The fourth-order valence-electron chi connectivity index (χ4n) is 3.73. The zero-order chi connectivity index (χ0) is 24.7. The molecular weight excluding hydrogens is 543 g/mol. The molecule has 0 bridgehead atoms. The number of allylic oxidation sites excluding steroid dienone is 4. The van der Waals surface area contributed by atoms with Crippen molar-refractivity contribution in [2.75, 3.05) is 19.6 Å². The lowest BCUT2D eigenvalue weighted by Gasteiger charge is -2.27. The van der Waals surface area contributed by atoms with Crippen molar-refractivity contribution in [3.05, 3.63) is 58.8 Å². The summed E-state index contributed by atoms with van der Waals surface area (Å²) in [6.07, 6.45) is -0.478. The van der Waals surface area contributed by atoms with Gasteiger partial charge in [-0.2, -0.15) is 5.10 Å². The standard InChI is InChI=1S/C21H18BrClF3N5O3/c1-20(22)9-12(6-14(10-20)34-21(24,25)26)16-8-15(19(33)30-5-4-28-18(32)11-30)29-31(16)13-2-3-27-17(23)7-13/h2-3,6-9H,4-5,10-11H2,1H3,(H,28,32). The number of ether oxygens (including phenoxy) is 1. The molecule has 0 radical (unpaired) electrons. The lowest BCUT2D eigenvalue weighted by atomic mass is 9.94. The highest BCUT2D eigenvalue weighted by Gasteiger charge is 2.36. The number of piperazine rings is 1. The fourth-order valence-corrected chi connectivity index (χ4v) is 4.42. The molecule has 2 amide bonds. The minimum absolute atomic E-state index is 0.0204. The number of aromatic nitrogens is 3. The minimum atomic E-state index is -4.85. The Morgan fingerprint density at radius 3 is 2.79 bits per heavy atom. The van der Waals surface area contributed by atoms with E-state index in [9.17, 15) is 22.8 Å². The summed E-state index contributed by atoms with van der Waals surface area (Å²) in [5, 5.41) is 7.21. The number of amides is 2. The maximum atomic E-state index is 13.1. The van der Waals surface area contributed by atoms with Crippen LogP contribution in [-0.2, 0) is 9.53 Å². The molecule has 2 aliphatic rings. The zero-order valence-electron chi connectivity index (χ0n) is 17.7. The summed E-state index contributed by atoms with van der Waals surface area (Å²) in [6, 6.07) is 4.57. The summed E-state index contributed by atoms with van der Waals surface area (Å²) in [5.74, 6) is -1.07. The van der Waals surface area contributed by atoms with Gasteiger partial charge in [0.1, 0.15) is 10.9 Å². The summed E-state index contributed by atoms with van der Waals surface area (Å²) in [4.78, 5) is 30.1. The Hall–Kier alpha value is -2.86. The molecule has 1 saturated heterocycles. The van der Waals surface area contributed by atoms with E-state index in [-0.39, 0.29) is 35.5 Å². The Kier molecular flexibility index (Phi) is 6.47. The van der Waals surface area contributed by atoms with Crippen LogP contribution < -0.4 is 5.32 Å². The highest BCUT2D eigenvalue weighted by molar-refractivity contribution is 9.10. The van der Waals surface area contributed by atoms with Crippen LogP contribution in [0.15, 0.2) is 42.3 Å². The van der Waals surface area contributed by atoms with Crippen molar-refractivity contribution in [3.63, 3.8) is 0 Å². The van der Waals surface area contributed by atoms with Crippen molar-refractivity contribution >= 4 is 44.9 Å². The van der Waals surface area contributed by atoms with Gasteiger partial charge in [0, 0.05) is 41.7 Å². The van der Waals surface area contributed by atoms with Crippen molar-refractivity contribution < 1.29 is 27.5 Å². The van der Waals surface area contributed by atoms with Gasteiger partial charge in [-0.15, -0.1) is 13.2 Å². The summed E-state index contributed by atoms with van der Waals surface area (Å²) in [5.41, 5.74) is 1.15. The Bertz CT molecular complexity index is 1210. The van der Waals surface area contributed by atoms with Crippen molar-refractivity contribution in [1.82, 2.24) is 25.0 Å². The molecule has 0 spiro atoms. The van der Waals surface area contributed by atoms with Gasteiger partial charge in [0.2, 0.25) is 5.91 Å². The van der Waals surface area contributed by atoms with Gasteiger partial charge in [0.15, 0.2) is 5.69 Å². The van der Waals surface area contributed by atoms with E-state index in [4.69, 9.17) is 11.6 Å².